The molecule has 0 spiro atoms. The summed E-state index contributed by atoms with van der Waals surface area (Å²) in [6, 6.07) is 4.16. The molecule has 1 aromatic heterocycles. The van der Waals surface area contributed by atoms with Crippen molar-refractivity contribution in [2.45, 2.75) is 33.0 Å². The van der Waals surface area contributed by atoms with Crippen LogP contribution < -0.4 is 0 Å². The second-order valence-corrected chi connectivity index (χ2v) is 4.08. The highest BCUT2D eigenvalue weighted by Crippen LogP contribution is 2.12. The quantitative estimate of drug-likeness (QED) is 0.769. The second kappa shape index (κ2) is 6.68. The molecule has 0 unspecified atom stereocenters. The van der Waals surface area contributed by atoms with Gasteiger partial charge in [-0.05, 0) is 26.0 Å². The normalized spacial score (nSPS) is 11.6. The van der Waals surface area contributed by atoms with Gasteiger partial charge in [0.15, 0.2) is 0 Å². The summed E-state index contributed by atoms with van der Waals surface area (Å²) in [7, 11) is 1.70. The molecule has 0 fully saturated rings. The zero-order valence-corrected chi connectivity index (χ0v) is 10.3. The molecule has 1 heterocycles. The Morgan fingerprint density at radius 3 is 2.56 bits per heavy atom. The highest BCUT2D eigenvalue weighted by atomic mass is 16.5. The van der Waals surface area contributed by atoms with E-state index in [0.29, 0.717) is 18.4 Å². The molecule has 0 aromatic carbocycles. The standard InChI is InChI=1S/C12H21NO3/c1-10(2)13(6-7-15-3)8-11-4-5-12(9-14)16-11/h4-5,10,14H,6-9H2,1-3H3. The maximum Gasteiger partial charge on any atom is 0.129 e. The van der Waals surface area contributed by atoms with Gasteiger partial charge in [-0.3, -0.25) is 4.90 Å². The average Bonchev–Trinajstić information content (AvgIpc) is 2.71. The Hall–Kier alpha value is -0.840. The molecule has 1 aromatic rings. The van der Waals surface area contributed by atoms with E-state index in [9.17, 15) is 0 Å². The number of aliphatic hydroxyl groups is 1. The van der Waals surface area contributed by atoms with Gasteiger partial charge < -0.3 is 14.3 Å². The maximum atomic E-state index is 8.91. The first-order valence-electron chi connectivity index (χ1n) is 5.58. The van der Waals surface area contributed by atoms with Crippen LogP contribution in [0.5, 0.6) is 0 Å². The average molecular weight is 227 g/mol. The van der Waals surface area contributed by atoms with Gasteiger partial charge in [0.25, 0.3) is 0 Å². The van der Waals surface area contributed by atoms with Gasteiger partial charge in [-0.15, -0.1) is 0 Å². The smallest absolute Gasteiger partial charge is 0.129 e. The third-order valence-corrected chi connectivity index (χ3v) is 2.54. The minimum atomic E-state index is -0.0419. The number of hydrogen-bond donors (Lipinski definition) is 1. The number of hydrogen-bond acceptors (Lipinski definition) is 4. The van der Waals surface area contributed by atoms with Crippen molar-refractivity contribution in [3.8, 4) is 0 Å². The molecular formula is C12H21NO3. The number of methoxy groups -OCH3 is 1. The molecule has 4 nitrogen and oxygen atoms in total. The van der Waals surface area contributed by atoms with E-state index in [0.717, 1.165) is 18.8 Å². The first-order chi connectivity index (χ1) is 7.67. The summed E-state index contributed by atoms with van der Waals surface area (Å²) in [4.78, 5) is 2.27. The van der Waals surface area contributed by atoms with Gasteiger partial charge in [0, 0.05) is 19.7 Å². The lowest BCUT2D eigenvalue weighted by molar-refractivity contribution is 0.118. The van der Waals surface area contributed by atoms with Gasteiger partial charge in [-0.1, -0.05) is 0 Å². The molecule has 0 amide bonds. The van der Waals surface area contributed by atoms with E-state index >= 15 is 0 Å². The van der Waals surface area contributed by atoms with Crippen LogP contribution in [0.4, 0.5) is 0 Å². The third kappa shape index (κ3) is 3.96. The maximum absolute atomic E-state index is 8.91. The zero-order chi connectivity index (χ0) is 12.0. The molecule has 0 saturated carbocycles. The summed E-state index contributed by atoms with van der Waals surface area (Å²) >= 11 is 0. The van der Waals surface area contributed by atoms with Crippen LogP contribution in [-0.2, 0) is 17.9 Å². The highest BCUT2D eigenvalue weighted by molar-refractivity contribution is 5.06. The summed E-state index contributed by atoms with van der Waals surface area (Å²) in [6.45, 7) is 6.59. The van der Waals surface area contributed by atoms with Crippen LogP contribution in [0.25, 0.3) is 0 Å². The van der Waals surface area contributed by atoms with E-state index in [1.165, 1.54) is 0 Å². The molecule has 16 heavy (non-hydrogen) atoms. The Morgan fingerprint density at radius 2 is 2.06 bits per heavy atom. The predicted molar refractivity (Wildman–Crippen MR) is 62.1 cm³/mol. The monoisotopic (exact) mass is 227 g/mol. The van der Waals surface area contributed by atoms with Crippen molar-refractivity contribution in [1.82, 2.24) is 4.90 Å². The van der Waals surface area contributed by atoms with E-state index in [1.54, 1.807) is 7.11 Å². The Morgan fingerprint density at radius 1 is 1.38 bits per heavy atom. The summed E-state index contributed by atoms with van der Waals surface area (Å²) in [5.74, 6) is 1.50. The van der Waals surface area contributed by atoms with Gasteiger partial charge in [0.1, 0.15) is 18.1 Å². The van der Waals surface area contributed by atoms with Crippen LogP contribution in [0, 0.1) is 0 Å². The molecule has 0 bridgehead atoms. The lowest BCUT2D eigenvalue weighted by atomic mass is 10.3. The van der Waals surface area contributed by atoms with Crippen LogP contribution >= 0.6 is 0 Å². The molecular weight excluding hydrogens is 206 g/mol. The van der Waals surface area contributed by atoms with Gasteiger partial charge in [-0.25, -0.2) is 0 Å². The van der Waals surface area contributed by atoms with Crippen molar-refractivity contribution < 1.29 is 14.3 Å². The van der Waals surface area contributed by atoms with E-state index in [1.807, 2.05) is 12.1 Å². The van der Waals surface area contributed by atoms with Gasteiger partial charge >= 0.3 is 0 Å². The first kappa shape index (κ1) is 13.2. The molecule has 0 radical (unpaired) electrons. The van der Waals surface area contributed by atoms with E-state index in [4.69, 9.17) is 14.3 Å². The van der Waals surface area contributed by atoms with E-state index in [-0.39, 0.29) is 6.61 Å². The van der Waals surface area contributed by atoms with Crippen LogP contribution in [0.1, 0.15) is 25.4 Å². The Labute approximate surface area is 96.8 Å². The first-order valence-corrected chi connectivity index (χ1v) is 5.58. The van der Waals surface area contributed by atoms with Crippen molar-refractivity contribution in [3.63, 3.8) is 0 Å². The summed E-state index contributed by atoms with van der Waals surface area (Å²) in [6.07, 6.45) is 0. The van der Waals surface area contributed by atoms with Crippen LogP contribution in [0.15, 0.2) is 16.5 Å². The zero-order valence-electron chi connectivity index (χ0n) is 10.3. The van der Waals surface area contributed by atoms with Crippen molar-refractivity contribution >= 4 is 0 Å². The molecule has 0 aliphatic carbocycles. The fourth-order valence-corrected chi connectivity index (χ4v) is 1.52. The van der Waals surface area contributed by atoms with Crippen molar-refractivity contribution in [3.05, 3.63) is 23.7 Å². The number of aliphatic hydroxyl groups excluding tert-OH is 1. The third-order valence-electron chi connectivity index (χ3n) is 2.54. The number of ether oxygens (including phenoxy) is 1. The minimum Gasteiger partial charge on any atom is -0.462 e. The molecule has 92 valence electrons. The summed E-state index contributed by atoms with van der Waals surface area (Å²) in [5.41, 5.74) is 0. The van der Waals surface area contributed by atoms with Crippen molar-refractivity contribution in [2.24, 2.45) is 0 Å². The van der Waals surface area contributed by atoms with Gasteiger partial charge in [-0.2, -0.15) is 0 Å². The molecule has 0 atom stereocenters. The Bertz CT molecular complexity index is 296. The lowest BCUT2D eigenvalue weighted by Gasteiger charge is -2.24. The lowest BCUT2D eigenvalue weighted by Crippen LogP contribution is -2.33. The second-order valence-electron chi connectivity index (χ2n) is 4.08. The van der Waals surface area contributed by atoms with E-state index < -0.39 is 0 Å². The topological polar surface area (TPSA) is 45.8 Å². The largest absolute Gasteiger partial charge is 0.462 e. The molecule has 0 saturated heterocycles. The molecule has 0 aliphatic rings. The summed E-state index contributed by atoms with van der Waals surface area (Å²) in [5, 5.41) is 8.91. The van der Waals surface area contributed by atoms with Crippen molar-refractivity contribution in [1.29, 1.82) is 0 Å². The molecule has 0 aliphatic heterocycles. The number of rotatable bonds is 7. The summed E-state index contributed by atoms with van der Waals surface area (Å²) < 4.78 is 10.5. The molecule has 4 heteroatoms. The molecule has 1 rings (SSSR count). The highest BCUT2D eigenvalue weighted by Gasteiger charge is 2.12. The molecule has 1 N–H and O–H groups in total. The SMILES string of the molecule is COCCN(Cc1ccc(CO)o1)C(C)C. The van der Waals surface area contributed by atoms with Gasteiger partial charge in [0.2, 0.25) is 0 Å². The van der Waals surface area contributed by atoms with Crippen LogP contribution in [0.3, 0.4) is 0 Å². The van der Waals surface area contributed by atoms with Crippen molar-refractivity contribution in [2.75, 3.05) is 20.3 Å². The Balaban J connectivity index is 2.53. The Kier molecular flexibility index (Phi) is 5.52. The number of furan rings is 1. The fraction of sp³-hybridized carbons (Fsp3) is 0.667. The van der Waals surface area contributed by atoms with E-state index in [2.05, 4.69) is 18.7 Å². The van der Waals surface area contributed by atoms with Crippen LogP contribution in [0.2, 0.25) is 0 Å². The number of nitrogens with zero attached hydrogens (tertiary/aromatic N) is 1. The van der Waals surface area contributed by atoms with Gasteiger partial charge in [0.05, 0.1) is 13.2 Å². The predicted octanol–water partition coefficient (Wildman–Crippen LogP) is 1.63. The fourth-order valence-electron chi connectivity index (χ4n) is 1.52. The van der Waals surface area contributed by atoms with Crippen LogP contribution in [-0.4, -0.2) is 36.3 Å². The minimum absolute atomic E-state index is 0.0419.